The first-order valence-corrected chi connectivity index (χ1v) is 9.01. The fourth-order valence-corrected chi connectivity index (χ4v) is 2.77. The Kier molecular flexibility index (Phi) is 13.6. The predicted octanol–water partition coefficient (Wildman–Crippen LogP) is 5.13. The summed E-state index contributed by atoms with van der Waals surface area (Å²) in [6, 6.07) is 0. The van der Waals surface area contributed by atoms with Gasteiger partial charge in [0, 0.05) is 0 Å². The van der Waals surface area contributed by atoms with Gasteiger partial charge in [-0.3, -0.25) is 0 Å². The number of rotatable bonds is 11. The van der Waals surface area contributed by atoms with Gasteiger partial charge in [0.2, 0.25) is 0 Å². The van der Waals surface area contributed by atoms with Crippen LogP contribution in [0.25, 0.3) is 0 Å². The molecule has 0 aliphatic heterocycles. The van der Waals surface area contributed by atoms with Crippen molar-refractivity contribution in [2.24, 2.45) is 5.92 Å². The van der Waals surface area contributed by atoms with Crippen LogP contribution in [0.4, 0.5) is 0 Å². The van der Waals surface area contributed by atoms with Gasteiger partial charge in [-0.1, -0.05) is 0 Å². The Morgan fingerprint density at radius 1 is 0.733 bits per heavy atom. The summed E-state index contributed by atoms with van der Waals surface area (Å²) in [7, 11) is 0. The van der Waals surface area contributed by atoms with E-state index in [1.165, 1.54) is 68.6 Å². The van der Waals surface area contributed by atoms with Crippen molar-refractivity contribution in [2.45, 2.75) is 82.5 Å². The summed E-state index contributed by atoms with van der Waals surface area (Å²) in [4.78, 5) is 0. The fraction of sp³-hybridized carbons (Fsp3) is 1.00. The van der Waals surface area contributed by atoms with Crippen LogP contribution in [-0.2, 0) is 0 Å². The third-order valence-corrected chi connectivity index (χ3v) is 4.23. The first-order chi connectivity index (χ1) is 7.35. The van der Waals surface area contributed by atoms with Crippen LogP contribution in [0.2, 0.25) is 4.44 Å². The van der Waals surface area contributed by atoms with Gasteiger partial charge in [0.25, 0.3) is 0 Å². The van der Waals surface area contributed by atoms with Crippen molar-refractivity contribution < 1.29 is 0 Å². The van der Waals surface area contributed by atoms with E-state index in [1.54, 1.807) is 22.5 Å². The minimum atomic E-state index is 1.06. The summed E-state index contributed by atoms with van der Waals surface area (Å²) in [6.07, 6.45) is 14.6. The van der Waals surface area contributed by atoms with Gasteiger partial charge < -0.3 is 0 Å². The molecular formula is C14H29Sn+3. The molecule has 0 N–H and O–H groups in total. The van der Waals surface area contributed by atoms with Crippen LogP contribution in [0.15, 0.2) is 0 Å². The molecule has 1 heteroatoms. The molecule has 0 aromatic heterocycles. The van der Waals surface area contributed by atoms with Crippen LogP contribution in [0, 0.1) is 5.92 Å². The molecule has 0 rings (SSSR count). The monoisotopic (exact) mass is 317 g/mol. The topological polar surface area (TPSA) is 0 Å². The Labute approximate surface area is 111 Å². The molecule has 0 saturated carbocycles. The van der Waals surface area contributed by atoms with Gasteiger partial charge in [-0.05, 0) is 0 Å². The van der Waals surface area contributed by atoms with E-state index in [0.29, 0.717) is 0 Å². The van der Waals surface area contributed by atoms with E-state index in [0.717, 1.165) is 5.92 Å². The molecule has 0 amide bonds. The molecule has 0 bridgehead atoms. The van der Waals surface area contributed by atoms with E-state index in [1.807, 2.05) is 0 Å². The molecule has 0 heterocycles. The van der Waals surface area contributed by atoms with E-state index in [2.05, 4.69) is 13.8 Å². The first kappa shape index (κ1) is 15.8. The molecule has 0 fully saturated rings. The van der Waals surface area contributed by atoms with Crippen molar-refractivity contribution in [1.29, 1.82) is 0 Å². The second-order valence-corrected chi connectivity index (χ2v) is 6.18. The zero-order chi connectivity index (χ0) is 11.4. The first-order valence-electron chi connectivity index (χ1n) is 6.99. The summed E-state index contributed by atoms with van der Waals surface area (Å²) in [5.41, 5.74) is 0. The Morgan fingerprint density at radius 3 is 1.60 bits per heavy atom. The molecule has 86 valence electrons. The molecule has 0 atom stereocenters. The minimum absolute atomic E-state index is 1.06. The number of hydrogen-bond donors (Lipinski definition) is 0. The number of hydrogen-bond acceptors (Lipinski definition) is 0. The quantitative estimate of drug-likeness (QED) is 0.366. The number of unbranched alkanes of at least 4 members (excludes halogenated alkanes) is 4. The van der Waals surface area contributed by atoms with Gasteiger partial charge in [-0.2, -0.15) is 0 Å². The summed E-state index contributed by atoms with van der Waals surface area (Å²) in [5.74, 6) is 1.06. The zero-order valence-electron chi connectivity index (χ0n) is 10.9. The Balaban J connectivity index is 3.53. The maximum atomic E-state index is 2.31. The Morgan fingerprint density at radius 2 is 1.20 bits per heavy atom. The standard InChI is InChI=1S/C14H29.Sn/c1-4-7-9-12-14(11-6-3)13-10-8-5-2;/h14H,3-13H2,1-2H3;/q;+3. The van der Waals surface area contributed by atoms with Gasteiger partial charge in [0.05, 0.1) is 0 Å². The molecule has 0 spiro atoms. The molecule has 15 heavy (non-hydrogen) atoms. The molecule has 0 aromatic rings. The molecule has 0 unspecified atom stereocenters. The summed E-state index contributed by atoms with van der Waals surface area (Å²) in [6.45, 7) is 4.61. The van der Waals surface area contributed by atoms with Gasteiger partial charge in [-0.15, -0.1) is 0 Å². The SMILES string of the molecule is CCCCCC(CC[CH2][Sn+3])CCCCC. The second-order valence-electron chi connectivity index (χ2n) is 4.75. The molecular weight excluding hydrogens is 287 g/mol. The van der Waals surface area contributed by atoms with Crippen LogP contribution in [-0.4, -0.2) is 22.5 Å². The Hall–Kier alpha value is 0.799. The van der Waals surface area contributed by atoms with Crippen molar-refractivity contribution in [1.82, 2.24) is 0 Å². The molecule has 0 nitrogen and oxygen atoms in total. The predicted molar refractivity (Wildman–Crippen MR) is 71.6 cm³/mol. The summed E-state index contributed by atoms with van der Waals surface area (Å²) in [5, 5.41) is 0. The maximum absolute atomic E-state index is 2.31. The molecule has 0 aliphatic carbocycles. The third-order valence-electron chi connectivity index (χ3n) is 3.22. The summed E-state index contributed by atoms with van der Waals surface area (Å²) < 4.78 is 1.46. The molecule has 0 aliphatic rings. The van der Waals surface area contributed by atoms with Gasteiger partial charge in [0.1, 0.15) is 0 Å². The second kappa shape index (κ2) is 12.9. The van der Waals surface area contributed by atoms with E-state index in [4.69, 9.17) is 0 Å². The van der Waals surface area contributed by atoms with E-state index in [9.17, 15) is 0 Å². The van der Waals surface area contributed by atoms with Crippen molar-refractivity contribution in [3.63, 3.8) is 0 Å². The average molecular weight is 316 g/mol. The van der Waals surface area contributed by atoms with Crippen LogP contribution in [0.1, 0.15) is 78.1 Å². The Bertz CT molecular complexity index is 102. The fourth-order valence-electron chi connectivity index (χ4n) is 2.19. The van der Waals surface area contributed by atoms with Gasteiger partial charge in [-0.25, -0.2) is 0 Å². The van der Waals surface area contributed by atoms with Gasteiger partial charge >= 0.3 is 111 Å². The zero-order valence-corrected chi connectivity index (χ0v) is 13.7. The van der Waals surface area contributed by atoms with Crippen LogP contribution in [0.5, 0.6) is 0 Å². The van der Waals surface area contributed by atoms with Gasteiger partial charge in [0.15, 0.2) is 0 Å². The molecule has 0 radical (unpaired) electrons. The average Bonchev–Trinajstić information content (AvgIpc) is 2.25. The van der Waals surface area contributed by atoms with E-state index < -0.39 is 0 Å². The van der Waals surface area contributed by atoms with Crippen LogP contribution in [0.3, 0.4) is 0 Å². The molecule has 0 saturated heterocycles. The normalized spacial score (nSPS) is 11.3. The van der Waals surface area contributed by atoms with E-state index >= 15 is 0 Å². The van der Waals surface area contributed by atoms with E-state index in [-0.39, 0.29) is 0 Å². The van der Waals surface area contributed by atoms with Crippen molar-refractivity contribution in [2.75, 3.05) is 0 Å². The van der Waals surface area contributed by atoms with Crippen molar-refractivity contribution in [3.8, 4) is 0 Å². The van der Waals surface area contributed by atoms with Crippen molar-refractivity contribution in [3.05, 3.63) is 0 Å². The van der Waals surface area contributed by atoms with Crippen molar-refractivity contribution >= 4 is 22.5 Å². The van der Waals surface area contributed by atoms with Crippen LogP contribution < -0.4 is 0 Å². The molecule has 0 aromatic carbocycles. The summed E-state index contributed by atoms with van der Waals surface area (Å²) >= 11 is 1.73. The van der Waals surface area contributed by atoms with Crippen LogP contribution >= 0.6 is 0 Å². The third kappa shape index (κ3) is 11.1.